The van der Waals surface area contributed by atoms with Crippen LogP contribution in [0.15, 0.2) is 24.3 Å². The van der Waals surface area contributed by atoms with Gasteiger partial charge in [0, 0.05) is 17.6 Å². The summed E-state index contributed by atoms with van der Waals surface area (Å²) in [5.74, 6) is -0.322. The first-order valence-electron chi connectivity index (χ1n) is 8.24. The number of carbonyl (C=O) groups excluding carboxylic acids is 3. The molecule has 2 aliphatic heterocycles. The van der Waals surface area contributed by atoms with Crippen LogP contribution >= 0.6 is 0 Å². The second-order valence-electron chi connectivity index (χ2n) is 6.39. The van der Waals surface area contributed by atoms with E-state index in [9.17, 15) is 14.4 Å². The average molecular weight is 330 g/mol. The zero-order valence-electron chi connectivity index (χ0n) is 13.7. The van der Waals surface area contributed by atoms with Gasteiger partial charge in [-0.25, -0.2) is 4.79 Å². The molecule has 3 N–H and O–H groups in total. The van der Waals surface area contributed by atoms with E-state index in [0.29, 0.717) is 11.6 Å². The van der Waals surface area contributed by atoms with Crippen LogP contribution in [-0.4, -0.2) is 47.9 Å². The number of hydrogen-bond acceptors (Lipinski definition) is 4. The van der Waals surface area contributed by atoms with E-state index in [1.54, 1.807) is 24.3 Å². The molecule has 2 fully saturated rings. The van der Waals surface area contributed by atoms with E-state index in [1.165, 1.54) is 4.90 Å². The van der Waals surface area contributed by atoms with Crippen molar-refractivity contribution in [3.63, 3.8) is 0 Å². The molecule has 1 aromatic rings. The van der Waals surface area contributed by atoms with Gasteiger partial charge in [-0.2, -0.15) is 0 Å². The van der Waals surface area contributed by atoms with Gasteiger partial charge in [0.1, 0.15) is 0 Å². The SMILES string of the molecule is CC1CC(NC(=O)c2ccc(CN3C(=O)CNC3=O)cc2)CCN1. The predicted molar refractivity (Wildman–Crippen MR) is 88.3 cm³/mol. The van der Waals surface area contributed by atoms with Crippen LogP contribution in [0, 0.1) is 0 Å². The molecule has 0 bridgehead atoms. The first-order valence-corrected chi connectivity index (χ1v) is 8.24. The number of carbonyl (C=O) groups is 3. The molecule has 7 heteroatoms. The Morgan fingerprint density at radius 2 is 2.04 bits per heavy atom. The number of benzene rings is 1. The fraction of sp³-hybridized carbons (Fsp3) is 0.471. The molecule has 1 aromatic carbocycles. The summed E-state index contributed by atoms with van der Waals surface area (Å²) < 4.78 is 0. The third-order valence-electron chi connectivity index (χ3n) is 4.45. The van der Waals surface area contributed by atoms with Crippen molar-refractivity contribution in [2.75, 3.05) is 13.1 Å². The van der Waals surface area contributed by atoms with Gasteiger partial charge >= 0.3 is 6.03 Å². The van der Waals surface area contributed by atoms with Gasteiger partial charge in [0.25, 0.3) is 5.91 Å². The Morgan fingerprint density at radius 1 is 1.29 bits per heavy atom. The maximum atomic E-state index is 12.3. The summed E-state index contributed by atoms with van der Waals surface area (Å²) in [6.45, 7) is 3.30. The summed E-state index contributed by atoms with van der Waals surface area (Å²) in [7, 11) is 0. The van der Waals surface area contributed by atoms with Gasteiger partial charge in [0.15, 0.2) is 0 Å². The Labute approximate surface area is 140 Å². The first-order chi connectivity index (χ1) is 11.5. The van der Waals surface area contributed by atoms with E-state index in [-0.39, 0.29) is 37.0 Å². The van der Waals surface area contributed by atoms with Gasteiger partial charge in [0.2, 0.25) is 5.91 Å². The first kappa shape index (κ1) is 16.4. The number of nitrogens with zero attached hydrogens (tertiary/aromatic N) is 1. The normalized spacial score (nSPS) is 24.0. The molecule has 0 saturated carbocycles. The van der Waals surface area contributed by atoms with Gasteiger partial charge in [-0.15, -0.1) is 0 Å². The van der Waals surface area contributed by atoms with Gasteiger partial charge in [0.05, 0.1) is 13.1 Å². The second kappa shape index (κ2) is 7.00. The molecule has 0 aliphatic carbocycles. The van der Waals surface area contributed by atoms with Crippen LogP contribution in [0.2, 0.25) is 0 Å². The molecule has 128 valence electrons. The van der Waals surface area contributed by atoms with Crippen LogP contribution in [0.1, 0.15) is 35.7 Å². The third-order valence-corrected chi connectivity index (χ3v) is 4.45. The highest BCUT2D eigenvalue weighted by Crippen LogP contribution is 2.12. The van der Waals surface area contributed by atoms with Crippen molar-refractivity contribution in [2.24, 2.45) is 0 Å². The lowest BCUT2D eigenvalue weighted by molar-refractivity contribution is -0.125. The summed E-state index contributed by atoms with van der Waals surface area (Å²) in [6, 6.07) is 7.25. The van der Waals surface area contributed by atoms with E-state index in [4.69, 9.17) is 0 Å². The number of urea groups is 1. The number of piperidine rings is 1. The quantitative estimate of drug-likeness (QED) is 0.706. The Bertz CT molecular complexity index is 628. The monoisotopic (exact) mass is 330 g/mol. The molecule has 4 amide bonds. The van der Waals surface area contributed by atoms with E-state index >= 15 is 0 Å². The number of amides is 4. The van der Waals surface area contributed by atoms with Crippen LogP contribution in [0.5, 0.6) is 0 Å². The van der Waals surface area contributed by atoms with Crippen LogP contribution in [0.25, 0.3) is 0 Å². The Kier molecular flexibility index (Phi) is 4.80. The molecule has 0 aromatic heterocycles. The third kappa shape index (κ3) is 3.73. The number of nitrogens with one attached hydrogen (secondary N) is 3. The minimum atomic E-state index is -0.373. The summed E-state index contributed by atoms with van der Waals surface area (Å²) in [6.07, 6.45) is 1.86. The van der Waals surface area contributed by atoms with Crippen molar-refractivity contribution in [1.82, 2.24) is 20.9 Å². The zero-order valence-corrected chi connectivity index (χ0v) is 13.7. The summed E-state index contributed by atoms with van der Waals surface area (Å²) >= 11 is 0. The minimum Gasteiger partial charge on any atom is -0.349 e. The topological polar surface area (TPSA) is 90.5 Å². The molecule has 3 rings (SSSR count). The van der Waals surface area contributed by atoms with Crippen LogP contribution in [0.3, 0.4) is 0 Å². The van der Waals surface area contributed by atoms with Crippen LogP contribution in [-0.2, 0) is 11.3 Å². The minimum absolute atomic E-state index is 0.0496. The smallest absolute Gasteiger partial charge is 0.324 e. The predicted octanol–water partition coefficient (Wildman–Crippen LogP) is 0.609. The molecule has 0 spiro atoms. The summed E-state index contributed by atoms with van der Waals surface area (Å²) in [4.78, 5) is 36.6. The van der Waals surface area contributed by atoms with Crippen molar-refractivity contribution >= 4 is 17.8 Å². The molecule has 2 heterocycles. The number of rotatable bonds is 4. The molecular formula is C17H22N4O3. The van der Waals surface area contributed by atoms with Crippen molar-refractivity contribution in [3.05, 3.63) is 35.4 Å². The van der Waals surface area contributed by atoms with Gasteiger partial charge in [-0.05, 0) is 44.0 Å². The highest BCUT2D eigenvalue weighted by molar-refractivity contribution is 6.01. The molecule has 7 nitrogen and oxygen atoms in total. The van der Waals surface area contributed by atoms with Gasteiger partial charge in [-0.1, -0.05) is 12.1 Å². The van der Waals surface area contributed by atoms with Crippen molar-refractivity contribution in [3.8, 4) is 0 Å². The molecule has 2 atom stereocenters. The fourth-order valence-electron chi connectivity index (χ4n) is 3.09. The lowest BCUT2D eigenvalue weighted by Gasteiger charge is -2.28. The largest absolute Gasteiger partial charge is 0.349 e. The average Bonchev–Trinajstić information content (AvgIpc) is 2.87. The van der Waals surface area contributed by atoms with Crippen molar-refractivity contribution in [1.29, 1.82) is 0 Å². The van der Waals surface area contributed by atoms with Gasteiger partial charge in [-0.3, -0.25) is 14.5 Å². The highest BCUT2D eigenvalue weighted by Gasteiger charge is 2.28. The number of hydrogen-bond donors (Lipinski definition) is 3. The standard InChI is InChI=1S/C17H22N4O3/c1-11-8-14(6-7-18-11)20-16(23)13-4-2-12(3-5-13)10-21-15(22)9-19-17(21)24/h2-5,11,14,18H,6-10H2,1H3,(H,19,24)(H,20,23). The van der Waals surface area contributed by atoms with Crippen molar-refractivity contribution in [2.45, 2.75) is 38.4 Å². The van der Waals surface area contributed by atoms with Crippen LogP contribution < -0.4 is 16.0 Å². The fourth-order valence-corrected chi connectivity index (χ4v) is 3.09. The second-order valence-corrected chi connectivity index (χ2v) is 6.39. The van der Waals surface area contributed by atoms with E-state index in [1.807, 2.05) is 0 Å². The molecular weight excluding hydrogens is 308 g/mol. The Balaban J connectivity index is 1.58. The van der Waals surface area contributed by atoms with Crippen LogP contribution in [0.4, 0.5) is 4.79 Å². The summed E-state index contributed by atoms with van der Waals surface area (Å²) in [5.41, 5.74) is 1.40. The lowest BCUT2D eigenvalue weighted by atomic mass is 10.00. The van der Waals surface area contributed by atoms with E-state index in [2.05, 4.69) is 22.9 Å². The zero-order chi connectivity index (χ0) is 17.1. The number of imide groups is 1. The molecule has 2 saturated heterocycles. The Hall–Kier alpha value is -2.41. The molecule has 0 radical (unpaired) electrons. The Morgan fingerprint density at radius 3 is 2.67 bits per heavy atom. The molecule has 2 unspecified atom stereocenters. The van der Waals surface area contributed by atoms with Crippen molar-refractivity contribution < 1.29 is 14.4 Å². The lowest BCUT2D eigenvalue weighted by Crippen LogP contribution is -2.46. The van der Waals surface area contributed by atoms with E-state index < -0.39 is 0 Å². The molecule has 24 heavy (non-hydrogen) atoms. The molecule has 2 aliphatic rings. The van der Waals surface area contributed by atoms with E-state index in [0.717, 1.165) is 24.9 Å². The maximum Gasteiger partial charge on any atom is 0.324 e. The van der Waals surface area contributed by atoms with Gasteiger partial charge < -0.3 is 16.0 Å². The summed E-state index contributed by atoms with van der Waals surface area (Å²) in [5, 5.41) is 8.91. The maximum absolute atomic E-state index is 12.3. The highest BCUT2D eigenvalue weighted by atomic mass is 16.2.